The Hall–Kier alpha value is -0.460. The van der Waals surface area contributed by atoms with Crippen molar-refractivity contribution in [3.05, 3.63) is 12.2 Å². The van der Waals surface area contributed by atoms with Crippen molar-refractivity contribution in [1.29, 1.82) is 0 Å². The average molecular weight is 373 g/mol. The van der Waals surface area contributed by atoms with Gasteiger partial charge in [0.05, 0.1) is 13.2 Å². The number of rotatable bonds is 16. The van der Waals surface area contributed by atoms with E-state index in [2.05, 4.69) is 19.1 Å². The fourth-order valence-electron chi connectivity index (χ4n) is 3.33. The van der Waals surface area contributed by atoms with Gasteiger partial charge in [0.1, 0.15) is 24.4 Å². The van der Waals surface area contributed by atoms with Crippen LogP contribution in [-0.2, 0) is 9.47 Å². The van der Waals surface area contributed by atoms with E-state index in [-0.39, 0.29) is 13.2 Å². The molecule has 26 heavy (non-hydrogen) atoms. The van der Waals surface area contributed by atoms with Gasteiger partial charge in [-0.3, -0.25) is 0 Å². The SMILES string of the molecule is CC/C=C/CCCCCCCCCCCO[C@H](CO)[C@@H]1OC[C@H](O)[C@@H]1O. The molecule has 0 aromatic heterocycles. The van der Waals surface area contributed by atoms with Crippen LogP contribution in [-0.4, -0.2) is 59.6 Å². The summed E-state index contributed by atoms with van der Waals surface area (Å²) in [5.41, 5.74) is 0. The monoisotopic (exact) mass is 372 g/mol. The normalized spacial score (nSPS) is 24.5. The second-order valence-electron chi connectivity index (χ2n) is 7.30. The molecule has 154 valence electrons. The number of hydrogen-bond donors (Lipinski definition) is 3. The highest BCUT2D eigenvalue weighted by molar-refractivity contribution is 4.88. The van der Waals surface area contributed by atoms with Gasteiger partial charge in [-0.2, -0.15) is 0 Å². The maximum atomic E-state index is 9.80. The van der Waals surface area contributed by atoms with Gasteiger partial charge in [0.25, 0.3) is 0 Å². The molecule has 1 aliphatic heterocycles. The lowest BCUT2D eigenvalue weighted by molar-refractivity contribution is -0.101. The van der Waals surface area contributed by atoms with Crippen molar-refractivity contribution in [1.82, 2.24) is 0 Å². The highest BCUT2D eigenvalue weighted by atomic mass is 16.6. The van der Waals surface area contributed by atoms with Gasteiger partial charge < -0.3 is 24.8 Å². The largest absolute Gasteiger partial charge is 0.394 e. The molecule has 4 atom stereocenters. The molecule has 0 spiro atoms. The van der Waals surface area contributed by atoms with Crippen molar-refractivity contribution in [3.63, 3.8) is 0 Å². The molecular formula is C21H40O5. The lowest BCUT2D eigenvalue weighted by atomic mass is 10.1. The Morgan fingerprint density at radius 3 is 2.12 bits per heavy atom. The number of allylic oxidation sites excluding steroid dienone is 2. The molecule has 0 saturated carbocycles. The summed E-state index contributed by atoms with van der Waals surface area (Å²) < 4.78 is 11.0. The lowest BCUT2D eigenvalue weighted by Crippen LogP contribution is -2.42. The fourth-order valence-corrected chi connectivity index (χ4v) is 3.33. The molecule has 5 nitrogen and oxygen atoms in total. The van der Waals surface area contributed by atoms with Gasteiger partial charge in [-0.05, 0) is 25.7 Å². The van der Waals surface area contributed by atoms with Crippen LogP contribution >= 0.6 is 0 Å². The fraction of sp³-hybridized carbons (Fsp3) is 0.905. The Morgan fingerprint density at radius 1 is 0.962 bits per heavy atom. The molecule has 3 N–H and O–H groups in total. The molecule has 0 aliphatic carbocycles. The van der Waals surface area contributed by atoms with Gasteiger partial charge >= 0.3 is 0 Å². The first-order valence-corrected chi connectivity index (χ1v) is 10.6. The third kappa shape index (κ3) is 10.0. The van der Waals surface area contributed by atoms with E-state index in [0.29, 0.717) is 6.61 Å². The minimum atomic E-state index is -0.977. The zero-order valence-electron chi connectivity index (χ0n) is 16.5. The molecule has 0 bridgehead atoms. The standard InChI is InChI=1S/C21H40O5/c1-2-3-4-5-6-7-8-9-10-11-12-13-14-15-25-19(16-22)21-20(24)18(23)17-26-21/h3-4,18-24H,2,5-17H2,1H3/b4-3+/t18-,19+,20-,21-/m0/s1. The zero-order valence-corrected chi connectivity index (χ0v) is 16.5. The second kappa shape index (κ2) is 15.6. The number of aliphatic hydroxyl groups is 3. The molecule has 5 heteroatoms. The zero-order chi connectivity index (χ0) is 19.0. The van der Waals surface area contributed by atoms with E-state index in [1.165, 1.54) is 51.4 Å². The Bertz CT molecular complexity index is 347. The molecule has 0 amide bonds. The van der Waals surface area contributed by atoms with Crippen molar-refractivity contribution in [2.75, 3.05) is 19.8 Å². The maximum absolute atomic E-state index is 9.80. The van der Waals surface area contributed by atoms with E-state index in [1.807, 2.05) is 0 Å². The minimum Gasteiger partial charge on any atom is -0.394 e. The molecule has 1 aliphatic rings. The predicted octanol–water partition coefficient (Wildman–Crippen LogP) is 3.35. The van der Waals surface area contributed by atoms with Crippen LogP contribution in [0.3, 0.4) is 0 Å². The van der Waals surface area contributed by atoms with Gasteiger partial charge in [0.2, 0.25) is 0 Å². The van der Waals surface area contributed by atoms with Crippen molar-refractivity contribution in [3.8, 4) is 0 Å². The topological polar surface area (TPSA) is 79.2 Å². The lowest BCUT2D eigenvalue weighted by Gasteiger charge is -2.24. The summed E-state index contributed by atoms with van der Waals surface area (Å²) in [5.74, 6) is 0. The van der Waals surface area contributed by atoms with Crippen LogP contribution in [0.2, 0.25) is 0 Å². The van der Waals surface area contributed by atoms with Crippen molar-refractivity contribution in [2.24, 2.45) is 0 Å². The second-order valence-corrected chi connectivity index (χ2v) is 7.30. The first kappa shape index (κ1) is 23.6. The van der Waals surface area contributed by atoms with Crippen LogP contribution in [0.25, 0.3) is 0 Å². The van der Waals surface area contributed by atoms with Crippen LogP contribution in [0.4, 0.5) is 0 Å². The summed E-state index contributed by atoms with van der Waals surface area (Å²) in [6.45, 7) is 2.62. The summed E-state index contributed by atoms with van der Waals surface area (Å²) in [7, 11) is 0. The summed E-state index contributed by atoms with van der Waals surface area (Å²) in [6.07, 6.45) is 15.1. The van der Waals surface area contributed by atoms with E-state index in [9.17, 15) is 15.3 Å². The summed E-state index contributed by atoms with van der Waals surface area (Å²) in [5, 5.41) is 28.7. The minimum absolute atomic E-state index is 0.0983. The third-order valence-corrected chi connectivity index (χ3v) is 4.99. The van der Waals surface area contributed by atoms with Crippen molar-refractivity contribution in [2.45, 2.75) is 102 Å². The van der Waals surface area contributed by atoms with Crippen LogP contribution in [0, 0.1) is 0 Å². The quantitative estimate of drug-likeness (QED) is 0.286. The molecule has 0 aromatic carbocycles. The Kier molecular flexibility index (Phi) is 14.1. The van der Waals surface area contributed by atoms with Gasteiger partial charge in [-0.25, -0.2) is 0 Å². The first-order valence-electron chi connectivity index (χ1n) is 10.6. The number of aliphatic hydroxyl groups excluding tert-OH is 3. The molecule has 1 saturated heterocycles. The van der Waals surface area contributed by atoms with Crippen LogP contribution < -0.4 is 0 Å². The van der Waals surface area contributed by atoms with Gasteiger partial charge in [-0.1, -0.05) is 64.0 Å². The van der Waals surface area contributed by atoms with E-state index < -0.39 is 24.4 Å². The summed E-state index contributed by atoms with van der Waals surface area (Å²) in [4.78, 5) is 0. The highest BCUT2D eigenvalue weighted by Crippen LogP contribution is 2.20. The molecule has 0 unspecified atom stereocenters. The van der Waals surface area contributed by atoms with E-state index >= 15 is 0 Å². The summed E-state index contributed by atoms with van der Waals surface area (Å²) >= 11 is 0. The Labute approximate surface area is 159 Å². The molecule has 0 radical (unpaired) electrons. The molecule has 0 aromatic rings. The predicted molar refractivity (Wildman–Crippen MR) is 104 cm³/mol. The highest BCUT2D eigenvalue weighted by Gasteiger charge is 2.40. The van der Waals surface area contributed by atoms with E-state index in [0.717, 1.165) is 19.3 Å². The van der Waals surface area contributed by atoms with Crippen molar-refractivity contribution < 1.29 is 24.8 Å². The molecule has 1 rings (SSSR count). The molecule has 1 heterocycles. The smallest absolute Gasteiger partial charge is 0.114 e. The van der Waals surface area contributed by atoms with E-state index in [4.69, 9.17) is 9.47 Å². The summed E-state index contributed by atoms with van der Waals surface area (Å²) in [6, 6.07) is 0. The van der Waals surface area contributed by atoms with Gasteiger partial charge in [0.15, 0.2) is 0 Å². The molecular weight excluding hydrogens is 332 g/mol. The van der Waals surface area contributed by atoms with Crippen LogP contribution in [0.1, 0.15) is 77.6 Å². The number of ether oxygens (including phenoxy) is 2. The first-order chi connectivity index (χ1) is 12.7. The average Bonchev–Trinajstić information content (AvgIpc) is 2.98. The van der Waals surface area contributed by atoms with Crippen molar-refractivity contribution >= 4 is 0 Å². The third-order valence-electron chi connectivity index (χ3n) is 4.99. The van der Waals surface area contributed by atoms with Crippen LogP contribution in [0.15, 0.2) is 12.2 Å². The Morgan fingerprint density at radius 2 is 1.58 bits per heavy atom. The number of unbranched alkanes of at least 4 members (excludes halogenated alkanes) is 9. The number of hydrogen-bond acceptors (Lipinski definition) is 5. The van der Waals surface area contributed by atoms with E-state index in [1.54, 1.807) is 0 Å². The van der Waals surface area contributed by atoms with Gasteiger partial charge in [0, 0.05) is 6.61 Å². The maximum Gasteiger partial charge on any atom is 0.114 e. The molecule has 1 fully saturated rings. The van der Waals surface area contributed by atoms with Gasteiger partial charge in [-0.15, -0.1) is 0 Å². The van der Waals surface area contributed by atoms with Crippen LogP contribution in [0.5, 0.6) is 0 Å². The Balaban J connectivity index is 1.89.